The lowest BCUT2D eigenvalue weighted by molar-refractivity contribution is -0.138. The van der Waals surface area contributed by atoms with E-state index in [-0.39, 0.29) is 0 Å². The Labute approximate surface area is 138 Å². The molecular weight excluding hydrogens is 328 g/mol. The average molecular weight is 346 g/mol. The van der Waals surface area contributed by atoms with Crippen LogP contribution in [0.5, 0.6) is 0 Å². The average Bonchev–Trinajstić information content (AvgIpc) is 3.00. The summed E-state index contributed by atoms with van der Waals surface area (Å²) in [5.41, 5.74) is 1.53. The highest BCUT2D eigenvalue weighted by molar-refractivity contribution is 6.32. The van der Waals surface area contributed by atoms with Crippen molar-refractivity contribution in [1.29, 1.82) is 0 Å². The first-order chi connectivity index (χ1) is 10.8. The maximum atomic E-state index is 12.6. The fraction of sp³-hybridized carbons (Fsp3) is 0.467. The minimum Gasteiger partial charge on any atom is -0.371 e. The fourth-order valence-electron chi connectivity index (χ4n) is 2.35. The summed E-state index contributed by atoms with van der Waals surface area (Å²) in [5.74, 6) is -2.30. The lowest BCUT2D eigenvalue weighted by Crippen LogP contribution is -2.46. The second-order valence-electron chi connectivity index (χ2n) is 5.43. The molecule has 8 heteroatoms. The van der Waals surface area contributed by atoms with Crippen molar-refractivity contribution in [2.24, 2.45) is 0 Å². The molecule has 2 N–H and O–H groups in total. The summed E-state index contributed by atoms with van der Waals surface area (Å²) in [6, 6.07) is 6.12. The van der Waals surface area contributed by atoms with Gasteiger partial charge >= 0.3 is 11.3 Å². The molecule has 0 aliphatic carbocycles. The summed E-state index contributed by atoms with van der Waals surface area (Å²) in [5, 5.41) is 0.423. The molecule has 1 saturated heterocycles. The smallest absolute Gasteiger partial charge is 0.371 e. The van der Waals surface area contributed by atoms with E-state index in [0.29, 0.717) is 5.69 Å². The molecule has 5 nitrogen and oxygen atoms in total. The first kappa shape index (κ1) is 17.5. The predicted octanol–water partition coefficient (Wildman–Crippen LogP) is 2.56. The quantitative estimate of drug-likeness (QED) is 0.806. The summed E-state index contributed by atoms with van der Waals surface area (Å²) in [6.07, 6.45) is 2.26. The molecule has 0 bridgehead atoms. The number of carbonyl (C=O) groups is 2. The maximum Gasteiger partial charge on any atom is 0.399 e. The lowest BCUT2D eigenvalue weighted by atomic mass is 10.2. The van der Waals surface area contributed by atoms with Gasteiger partial charge in [-0.05, 0) is 49.6 Å². The zero-order valence-corrected chi connectivity index (χ0v) is 13.4. The molecule has 126 valence electrons. The number of halogens is 3. The van der Waals surface area contributed by atoms with Gasteiger partial charge in [-0.3, -0.25) is 9.59 Å². The first-order valence-corrected chi connectivity index (χ1v) is 7.69. The van der Waals surface area contributed by atoms with Gasteiger partial charge in [0.05, 0.1) is 0 Å². The van der Waals surface area contributed by atoms with E-state index < -0.39 is 23.2 Å². The van der Waals surface area contributed by atoms with Gasteiger partial charge in [-0.15, -0.1) is 0 Å². The Kier molecular flexibility index (Phi) is 5.41. The van der Waals surface area contributed by atoms with Gasteiger partial charge in [0.1, 0.15) is 6.04 Å². The highest BCUT2D eigenvalue weighted by atomic mass is 35.5. The van der Waals surface area contributed by atoms with Crippen molar-refractivity contribution >= 4 is 34.8 Å². The minimum atomic E-state index is -4.04. The molecule has 0 saturated carbocycles. The summed E-state index contributed by atoms with van der Waals surface area (Å²) in [4.78, 5) is 25.3. The van der Waals surface area contributed by atoms with Gasteiger partial charge in [0.2, 0.25) is 5.91 Å². The van der Waals surface area contributed by atoms with E-state index in [1.54, 1.807) is 12.1 Å². The van der Waals surface area contributed by atoms with Crippen LogP contribution in [0.15, 0.2) is 24.3 Å². The summed E-state index contributed by atoms with van der Waals surface area (Å²) < 4.78 is 25.2. The molecule has 1 fully saturated rings. The third-order valence-electron chi connectivity index (χ3n) is 3.58. The van der Waals surface area contributed by atoms with Crippen LogP contribution in [0.25, 0.3) is 0 Å². The Hall–Kier alpha value is -1.89. The molecule has 1 aromatic carbocycles. The van der Waals surface area contributed by atoms with Gasteiger partial charge in [-0.2, -0.15) is 8.78 Å². The Bertz CT molecular complexity index is 586. The molecule has 1 aliphatic rings. The van der Waals surface area contributed by atoms with Crippen molar-refractivity contribution in [2.75, 3.05) is 23.3 Å². The number of nitrogens with zero attached hydrogens (tertiary/aromatic N) is 1. The monoisotopic (exact) mass is 345 g/mol. The first-order valence-electron chi connectivity index (χ1n) is 7.31. The number of alkyl halides is 3. The molecule has 0 radical (unpaired) electrons. The zero-order valence-electron chi connectivity index (χ0n) is 12.6. The Morgan fingerprint density at radius 3 is 2.57 bits per heavy atom. The van der Waals surface area contributed by atoms with Crippen LogP contribution < -0.4 is 15.5 Å². The molecule has 1 aliphatic heterocycles. The van der Waals surface area contributed by atoms with Crippen LogP contribution in [0.2, 0.25) is 0 Å². The van der Waals surface area contributed by atoms with Crippen molar-refractivity contribution in [1.82, 2.24) is 5.32 Å². The number of rotatable bonds is 5. The Balaban J connectivity index is 1.97. The normalized spacial score (nSPS) is 16.1. The van der Waals surface area contributed by atoms with Gasteiger partial charge < -0.3 is 15.5 Å². The molecule has 1 atom stereocenters. The van der Waals surface area contributed by atoms with Crippen LogP contribution >= 0.6 is 11.6 Å². The summed E-state index contributed by atoms with van der Waals surface area (Å²) in [7, 11) is 0. The van der Waals surface area contributed by atoms with Crippen LogP contribution in [0.4, 0.5) is 20.2 Å². The predicted molar refractivity (Wildman–Crippen MR) is 84.9 cm³/mol. The number of nitrogens with one attached hydrogen (secondary N) is 2. The third kappa shape index (κ3) is 4.79. The van der Waals surface area contributed by atoms with Crippen molar-refractivity contribution in [3.63, 3.8) is 0 Å². The second kappa shape index (κ2) is 7.12. The highest BCUT2D eigenvalue weighted by Crippen LogP contribution is 2.23. The summed E-state index contributed by atoms with van der Waals surface area (Å²) in [6.45, 7) is 3.24. The maximum absolute atomic E-state index is 12.6. The van der Waals surface area contributed by atoms with Crippen molar-refractivity contribution in [3.05, 3.63) is 24.3 Å². The van der Waals surface area contributed by atoms with Gasteiger partial charge in [0.25, 0.3) is 0 Å². The van der Waals surface area contributed by atoms with E-state index in [0.717, 1.165) is 31.6 Å². The van der Waals surface area contributed by atoms with Crippen molar-refractivity contribution < 1.29 is 18.4 Å². The fourth-order valence-corrected chi connectivity index (χ4v) is 2.40. The number of hydrogen-bond donors (Lipinski definition) is 2. The highest BCUT2D eigenvalue weighted by Gasteiger charge is 2.37. The molecular formula is C15H18ClF2N3O2. The molecule has 0 unspecified atom stereocenters. The van der Waals surface area contributed by atoms with E-state index in [1.165, 1.54) is 6.92 Å². The minimum absolute atomic E-state index is 0.540. The third-order valence-corrected chi connectivity index (χ3v) is 3.75. The van der Waals surface area contributed by atoms with Crippen molar-refractivity contribution in [3.8, 4) is 0 Å². The van der Waals surface area contributed by atoms with E-state index in [9.17, 15) is 18.4 Å². The van der Waals surface area contributed by atoms with Crippen LogP contribution in [-0.2, 0) is 9.59 Å². The number of benzene rings is 1. The van der Waals surface area contributed by atoms with E-state index in [1.807, 2.05) is 17.4 Å². The Morgan fingerprint density at radius 2 is 1.96 bits per heavy atom. The molecule has 0 aromatic heterocycles. The van der Waals surface area contributed by atoms with Crippen LogP contribution in [-0.4, -0.2) is 36.3 Å². The molecule has 2 rings (SSSR count). The molecule has 1 aromatic rings. The van der Waals surface area contributed by atoms with Crippen LogP contribution in [0, 0.1) is 0 Å². The standard InChI is InChI=1S/C15H18ClF2N3O2/c1-10(19-14(23)15(16,17)18)13(22)20-11-5-4-6-12(9-11)21-7-2-3-8-21/h4-6,9-10H,2-3,7-8H2,1H3,(H,19,23)(H,20,22)/t10-/m0/s1. The van der Waals surface area contributed by atoms with Crippen molar-refractivity contribution in [2.45, 2.75) is 31.2 Å². The van der Waals surface area contributed by atoms with Gasteiger partial charge in [-0.25, -0.2) is 0 Å². The SMILES string of the molecule is C[C@H](NC(=O)C(F)(F)Cl)C(=O)Nc1cccc(N2CCCC2)c1. The number of hydrogen-bond acceptors (Lipinski definition) is 3. The lowest BCUT2D eigenvalue weighted by Gasteiger charge is -2.19. The van der Waals surface area contributed by atoms with E-state index in [2.05, 4.69) is 21.8 Å². The van der Waals surface area contributed by atoms with Gasteiger partial charge in [0.15, 0.2) is 0 Å². The molecule has 2 amide bonds. The number of anilines is 2. The zero-order chi connectivity index (χ0) is 17.0. The largest absolute Gasteiger partial charge is 0.399 e. The molecule has 1 heterocycles. The summed E-state index contributed by atoms with van der Waals surface area (Å²) >= 11 is 4.60. The molecule has 0 spiro atoms. The van der Waals surface area contributed by atoms with E-state index in [4.69, 9.17) is 0 Å². The number of amides is 2. The van der Waals surface area contributed by atoms with Gasteiger partial charge in [-0.1, -0.05) is 6.07 Å². The van der Waals surface area contributed by atoms with Crippen LogP contribution in [0.1, 0.15) is 19.8 Å². The van der Waals surface area contributed by atoms with Gasteiger partial charge in [0, 0.05) is 24.5 Å². The Morgan fingerprint density at radius 1 is 1.30 bits per heavy atom. The topological polar surface area (TPSA) is 61.4 Å². The number of carbonyl (C=O) groups excluding carboxylic acids is 2. The van der Waals surface area contributed by atoms with Crippen LogP contribution in [0.3, 0.4) is 0 Å². The van der Waals surface area contributed by atoms with E-state index >= 15 is 0 Å². The molecule has 23 heavy (non-hydrogen) atoms. The second-order valence-corrected chi connectivity index (χ2v) is 5.90.